The van der Waals surface area contributed by atoms with E-state index in [0.717, 1.165) is 6.42 Å². The fraction of sp³-hybridized carbons (Fsp3) is 0.312. The molecule has 2 N–H and O–H groups in total. The van der Waals surface area contributed by atoms with Crippen molar-refractivity contribution in [2.75, 3.05) is 19.9 Å². The molecule has 21 heavy (non-hydrogen) atoms. The smallest absolute Gasteiger partial charge is 0.257 e. The standard InChI is InChI=1S/C16H20N2O2S/c1-11(9-13-5-4-8-21-13)18(2)16(19)14-7-6-12(17)10-15(14)20-3/h4-8,10-11H,9,17H2,1-3H3. The number of hydrogen-bond acceptors (Lipinski definition) is 4. The topological polar surface area (TPSA) is 55.6 Å². The second-order valence-electron chi connectivity index (χ2n) is 5.01. The van der Waals surface area contributed by atoms with Crippen LogP contribution in [0.1, 0.15) is 22.2 Å². The zero-order valence-corrected chi connectivity index (χ0v) is 13.3. The number of carbonyl (C=O) groups is 1. The number of methoxy groups -OCH3 is 1. The third-order valence-corrected chi connectivity index (χ3v) is 4.41. The first-order valence-corrected chi connectivity index (χ1v) is 7.64. The van der Waals surface area contributed by atoms with E-state index in [0.29, 0.717) is 17.0 Å². The maximum absolute atomic E-state index is 12.6. The Bertz CT molecular complexity index is 611. The van der Waals surface area contributed by atoms with Crippen molar-refractivity contribution < 1.29 is 9.53 Å². The van der Waals surface area contributed by atoms with Gasteiger partial charge in [0, 0.05) is 36.1 Å². The van der Waals surface area contributed by atoms with Crippen LogP contribution in [0.15, 0.2) is 35.7 Å². The lowest BCUT2D eigenvalue weighted by Gasteiger charge is -2.25. The van der Waals surface area contributed by atoms with Gasteiger partial charge in [-0.3, -0.25) is 4.79 Å². The van der Waals surface area contributed by atoms with Gasteiger partial charge in [0.2, 0.25) is 0 Å². The fourth-order valence-electron chi connectivity index (χ4n) is 2.13. The molecule has 1 aromatic carbocycles. The van der Waals surface area contributed by atoms with E-state index < -0.39 is 0 Å². The van der Waals surface area contributed by atoms with E-state index in [1.54, 1.807) is 41.5 Å². The van der Waals surface area contributed by atoms with Crippen LogP contribution in [0.25, 0.3) is 0 Å². The molecule has 5 heteroatoms. The number of benzene rings is 1. The lowest BCUT2D eigenvalue weighted by atomic mass is 10.1. The van der Waals surface area contributed by atoms with E-state index in [1.165, 1.54) is 4.88 Å². The third kappa shape index (κ3) is 3.55. The SMILES string of the molecule is COc1cc(N)ccc1C(=O)N(C)C(C)Cc1cccs1. The minimum atomic E-state index is -0.0593. The number of hydrogen-bond donors (Lipinski definition) is 1. The summed E-state index contributed by atoms with van der Waals surface area (Å²) in [6.45, 7) is 2.04. The number of anilines is 1. The Morgan fingerprint density at radius 2 is 2.19 bits per heavy atom. The minimum Gasteiger partial charge on any atom is -0.496 e. The molecule has 1 amide bonds. The fourth-order valence-corrected chi connectivity index (χ4v) is 2.96. The van der Waals surface area contributed by atoms with Gasteiger partial charge in [0.25, 0.3) is 5.91 Å². The molecule has 0 aliphatic heterocycles. The van der Waals surface area contributed by atoms with Gasteiger partial charge in [0.1, 0.15) is 5.75 Å². The Morgan fingerprint density at radius 1 is 1.43 bits per heavy atom. The lowest BCUT2D eigenvalue weighted by molar-refractivity contribution is 0.0740. The average Bonchev–Trinajstić information content (AvgIpc) is 2.98. The van der Waals surface area contributed by atoms with Gasteiger partial charge >= 0.3 is 0 Å². The van der Waals surface area contributed by atoms with Crippen LogP contribution in [-0.4, -0.2) is 31.0 Å². The van der Waals surface area contributed by atoms with Gasteiger partial charge in [0.05, 0.1) is 12.7 Å². The number of thiophene rings is 1. The van der Waals surface area contributed by atoms with Gasteiger partial charge < -0.3 is 15.4 Å². The van der Waals surface area contributed by atoms with E-state index in [2.05, 4.69) is 6.07 Å². The molecule has 0 saturated carbocycles. The van der Waals surface area contributed by atoms with Crippen LogP contribution in [0.3, 0.4) is 0 Å². The molecule has 1 unspecified atom stereocenters. The maximum Gasteiger partial charge on any atom is 0.257 e. The van der Waals surface area contributed by atoms with Crippen LogP contribution >= 0.6 is 11.3 Å². The molecule has 0 spiro atoms. The normalized spacial score (nSPS) is 12.0. The van der Waals surface area contributed by atoms with Gasteiger partial charge in [0.15, 0.2) is 0 Å². The van der Waals surface area contributed by atoms with Crippen molar-refractivity contribution in [2.24, 2.45) is 0 Å². The summed E-state index contributed by atoms with van der Waals surface area (Å²) in [5.74, 6) is 0.450. The second-order valence-corrected chi connectivity index (χ2v) is 6.04. The Balaban J connectivity index is 2.15. The Kier molecular flexibility index (Phi) is 4.85. The monoisotopic (exact) mass is 304 g/mol. The largest absolute Gasteiger partial charge is 0.496 e. The zero-order valence-electron chi connectivity index (χ0n) is 12.5. The molecular formula is C16H20N2O2S. The number of rotatable bonds is 5. The number of ether oxygens (including phenoxy) is 1. The number of amides is 1. The molecule has 0 fully saturated rings. The zero-order chi connectivity index (χ0) is 15.4. The van der Waals surface area contributed by atoms with E-state index >= 15 is 0 Å². The summed E-state index contributed by atoms with van der Waals surface area (Å²) >= 11 is 1.71. The molecule has 2 rings (SSSR count). The van der Waals surface area contributed by atoms with Crippen molar-refractivity contribution in [1.82, 2.24) is 4.90 Å². The number of likely N-dealkylation sites (N-methyl/N-ethyl adjacent to an activating group) is 1. The highest BCUT2D eigenvalue weighted by molar-refractivity contribution is 7.09. The molecule has 1 heterocycles. The van der Waals surface area contributed by atoms with Crippen LogP contribution in [0.5, 0.6) is 5.75 Å². The quantitative estimate of drug-likeness (QED) is 0.864. The van der Waals surface area contributed by atoms with Crippen molar-refractivity contribution in [2.45, 2.75) is 19.4 Å². The van der Waals surface area contributed by atoms with Crippen molar-refractivity contribution >= 4 is 22.9 Å². The first-order chi connectivity index (χ1) is 10.0. The number of nitrogens with two attached hydrogens (primary N) is 1. The molecule has 0 radical (unpaired) electrons. The summed E-state index contributed by atoms with van der Waals surface area (Å²) in [6, 6.07) is 9.32. The van der Waals surface area contributed by atoms with E-state index in [1.807, 2.05) is 25.4 Å². The van der Waals surface area contributed by atoms with Crippen LogP contribution < -0.4 is 10.5 Å². The summed E-state index contributed by atoms with van der Waals surface area (Å²) in [7, 11) is 3.36. The van der Waals surface area contributed by atoms with Crippen molar-refractivity contribution in [3.63, 3.8) is 0 Å². The van der Waals surface area contributed by atoms with Gasteiger partial charge in [-0.05, 0) is 30.5 Å². The molecule has 0 bridgehead atoms. The van der Waals surface area contributed by atoms with Gasteiger partial charge in [-0.2, -0.15) is 0 Å². The summed E-state index contributed by atoms with van der Waals surface area (Å²) in [4.78, 5) is 15.6. The van der Waals surface area contributed by atoms with Crippen molar-refractivity contribution in [1.29, 1.82) is 0 Å². The molecule has 112 valence electrons. The first kappa shape index (κ1) is 15.4. The van der Waals surface area contributed by atoms with Crippen molar-refractivity contribution in [3.05, 3.63) is 46.2 Å². The number of carbonyl (C=O) groups excluding carboxylic acids is 1. The van der Waals surface area contributed by atoms with E-state index in [-0.39, 0.29) is 11.9 Å². The molecule has 0 saturated heterocycles. The van der Waals surface area contributed by atoms with Crippen molar-refractivity contribution in [3.8, 4) is 5.75 Å². The number of nitrogen functional groups attached to an aromatic ring is 1. The van der Waals surface area contributed by atoms with Crippen LogP contribution in [0.2, 0.25) is 0 Å². The second kappa shape index (κ2) is 6.63. The molecule has 1 atom stereocenters. The highest BCUT2D eigenvalue weighted by Gasteiger charge is 2.21. The molecular weight excluding hydrogens is 284 g/mol. The highest BCUT2D eigenvalue weighted by Crippen LogP contribution is 2.24. The van der Waals surface area contributed by atoms with E-state index in [9.17, 15) is 4.79 Å². The Hall–Kier alpha value is -2.01. The Morgan fingerprint density at radius 3 is 2.81 bits per heavy atom. The molecule has 1 aromatic heterocycles. The summed E-state index contributed by atoms with van der Waals surface area (Å²) in [5, 5.41) is 2.05. The maximum atomic E-state index is 12.6. The molecule has 4 nitrogen and oxygen atoms in total. The van der Waals surface area contributed by atoms with Crippen LogP contribution in [0.4, 0.5) is 5.69 Å². The molecule has 0 aliphatic rings. The van der Waals surface area contributed by atoms with Crippen LogP contribution in [-0.2, 0) is 6.42 Å². The molecule has 2 aromatic rings. The Labute approximate surface area is 129 Å². The van der Waals surface area contributed by atoms with Gasteiger partial charge in [-0.15, -0.1) is 11.3 Å². The predicted molar refractivity (Wildman–Crippen MR) is 87.0 cm³/mol. The van der Waals surface area contributed by atoms with E-state index in [4.69, 9.17) is 10.5 Å². The average molecular weight is 304 g/mol. The third-order valence-electron chi connectivity index (χ3n) is 3.51. The van der Waals surface area contributed by atoms with Gasteiger partial charge in [-0.25, -0.2) is 0 Å². The number of nitrogens with zero attached hydrogens (tertiary/aromatic N) is 1. The lowest BCUT2D eigenvalue weighted by Crippen LogP contribution is -2.36. The molecule has 0 aliphatic carbocycles. The summed E-state index contributed by atoms with van der Waals surface area (Å²) in [6.07, 6.45) is 0.844. The summed E-state index contributed by atoms with van der Waals surface area (Å²) in [5.41, 5.74) is 6.84. The summed E-state index contributed by atoms with van der Waals surface area (Å²) < 4.78 is 5.26. The first-order valence-electron chi connectivity index (χ1n) is 6.76. The van der Waals surface area contributed by atoms with Crippen LogP contribution in [0, 0.1) is 0 Å². The van der Waals surface area contributed by atoms with Gasteiger partial charge in [-0.1, -0.05) is 6.07 Å². The predicted octanol–water partition coefficient (Wildman–Crippen LogP) is 3.04. The minimum absolute atomic E-state index is 0.0593. The highest BCUT2D eigenvalue weighted by atomic mass is 32.1.